The molecule has 32 heavy (non-hydrogen) atoms. The molecule has 0 aliphatic carbocycles. The summed E-state index contributed by atoms with van der Waals surface area (Å²) in [5.41, 5.74) is 2.57. The minimum Gasteiger partial charge on any atom is -0.461 e. The normalized spacial score (nSPS) is 15.3. The Labute approximate surface area is 186 Å². The number of pyridine rings is 1. The van der Waals surface area contributed by atoms with Crippen LogP contribution in [0.4, 0.5) is 0 Å². The first-order valence-corrected chi connectivity index (χ1v) is 11.8. The van der Waals surface area contributed by atoms with Crippen molar-refractivity contribution in [1.82, 2.24) is 9.12 Å². The van der Waals surface area contributed by atoms with E-state index in [0.29, 0.717) is 35.5 Å². The van der Waals surface area contributed by atoms with Gasteiger partial charge in [0.1, 0.15) is 18.5 Å². The second-order valence-electron chi connectivity index (χ2n) is 7.44. The number of aliphatic imine (C=N–C) groups is 1. The number of fused-ring (bicyclic) bond motifs is 2. The summed E-state index contributed by atoms with van der Waals surface area (Å²) in [6, 6.07) is 14.5. The van der Waals surface area contributed by atoms with Gasteiger partial charge >= 0.3 is 5.97 Å². The van der Waals surface area contributed by atoms with Crippen molar-refractivity contribution in [2.75, 3.05) is 6.54 Å². The Bertz CT molecular complexity index is 1340. The van der Waals surface area contributed by atoms with Crippen LogP contribution in [0.2, 0.25) is 0 Å². The van der Waals surface area contributed by atoms with Crippen LogP contribution in [0.3, 0.4) is 0 Å². The summed E-state index contributed by atoms with van der Waals surface area (Å²) in [7, 11) is -3.52. The summed E-state index contributed by atoms with van der Waals surface area (Å²) in [4.78, 5) is 16.7. The highest BCUT2D eigenvalue weighted by molar-refractivity contribution is 7.90. The summed E-state index contributed by atoms with van der Waals surface area (Å²) in [6.07, 6.45) is 6.07. The molecule has 3 aromatic rings. The van der Waals surface area contributed by atoms with E-state index in [4.69, 9.17) is 4.74 Å². The minimum atomic E-state index is -3.52. The number of unbranched alkanes of at least 4 members (excludes halogenated alkanes) is 2. The van der Waals surface area contributed by atoms with E-state index >= 15 is 0 Å². The molecule has 1 aromatic carbocycles. The number of benzene rings is 1. The molecule has 0 saturated heterocycles. The molecule has 9 heteroatoms. The Morgan fingerprint density at radius 2 is 1.94 bits per heavy atom. The van der Waals surface area contributed by atoms with Gasteiger partial charge in [-0.15, -0.1) is 0 Å². The first-order chi connectivity index (χ1) is 15.5. The molecular weight excluding hydrogens is 428 g/mol. The van der Waals surface area contributed by atoms with Gasteiger partial charge in [0, 0.05) is 36.5 Å². The smallest absolute Gasteiger partial charge is 0.306 e. The molecule has 1 aliphatic rings. The van der Waals surface area contributed by atoms with Crippen LogP contribution in [0.15, 0.2) is 64.7 Å². The molecule has 0 amide bonds. The van der Waals surface area contributed by atoms with Gasteiger partial charge in [-0.3, -0.25) is 14.5 Å². The minimum absolute atomic E-state index is 0.0661. The molecule has 8 nitrogen and oxygen atoms in total. The van der Waals surface area contributed by atoms with Gasteiger partial charge in [0.25, 0.3) is 10.0 Å². The van der Waals surface area contributed by atoms with Crippen molar-refractivity contribution < 1.29 is 17.9 Å². The largest absolute Gasteiger partial charge is 0.461 e. The Morgan fingerprint density at radius 3 is 2.78 bits per heavy atom. The fraction of sp³-hybridized carbons (Fsp3) is 0.261. The van der Waals surface area contributed by atoms with Gasteiger partial charge in [-0.1, -0.05) is 24.6 Å². The number of nitriles is 1. The van der Waals surface area contributed by atoms with E-state index in [2.05, 4.69) is 15.8 Å². The maximum absolute atomic E-state index is 12.1. The van der Waals surface area contributed by atoms with E-state index in [0.717, 1.165) is 18.4 Å². The van der Waals surface area contributed by atoms with Crippen molar-refractivity contribution >= 4 is 27.3 Å². The number of esters is 1. The number of carbonyl (C=O) groups is 1. The fourth-order valence-electron chi connectivity index (χ4n) is 3.65. The monoisotopic (exact) mass is 450 g/mol. The third-order valence-corrected chi connectivity index (χ3v) is 6.63. The SMILES string of the molecule is N#Cc1c(COC(=O)CCCCCN=C2NS(=O)(=O)c3ccccc32)cn2ccccc12. The van der Waals surface area contributed by atoms with E-state index in [1.165, 1.54) is 0 Å². The number of hydrogen-bond donors (Lipinski definition) is 1. The van der Waals surface area contributed by atoms with Gasteiger partial charge in [-0.2, -0.15) is 5.26 Å². The van der Waals surface area contributed by atoms with Crippen LogP contribution in [0.5, 0.6) is 0 Å². The summed E-state index contributed by atoms with van der Waals surface area (Å²) in [5, 5.41) is 9.40. The van der Waals surface area contributed by atoms with Gasteiger partial charge in [-0.25, -0.2) is 8.42 Å². The lowest BCUT2D eigenvalue weighted by atomic mass is 10.2. The molecule has 0 spiro atoms. The molecule has 2 aromatic heterocycles. The quantitative estimate of drug-likeness (QED) is 0.418. The molecule has 1 aliphatic heterocycles. The predicted octanol–water partition coefficient (Wildman–Crippen LogP) is 3.15. The summed E-state index contributed by atoms with van der Waals surface area (Å²) in [6.45, 7) is 0.528. The van der Waals surface area contributed by atoms with Crippen LogP contribution >= 0.6 is 0 Å². The highest BCUT2D eigenvalue weighted by Gasteiger charge is 2.29. The number of amidine groups is 1. The maximum atomic E-state index is 12.1. The van der Waals surface area contributed by atoms with Gasteiger partial charge in [-0.05, 0) is 37.1 Å². The first-order valence-electron chi connectivity index (χ1n) is 10.3. The van der Waals surface area contributed by atoms with Crippen molar-refractivity contribution in [3.05, 3.63) is 71.5 Å². The first kappa shape index (κ1) is 21.6. The summed E-state index contributed by atoms with van der Waals surface area (Å²) in [5.74, 6) is 0.0567. The van der Waals surface area contributed by atoms with Crippen LogP contribution in [-0.4, -0.2) is 31.2 Å². The van der Waals surface area contributed by atoms with Crippen LogP contribution in [0, 0.1) is 11.3 Å². The third-order valence-electron chi connectivity index (χ3n) is 5.23. The highest BCUT2D eigenvalue weighted by Crippen LogP contribution is 2.22. The molecule has 0 saturated carbocycles. The average molecular weight is 451 g/mol. The zero-order chi connectivity index (χ0) is 22.6. The summed E-state index contributed by atoms with van der Waals surface area (Å²) >= 11 is 0. The van der Waals surface area contributed by atoms with Gasteiger partial charge in [0.15, 0.2) is 0 Å². The van der Waals surface area contributed by atoms with E-state index in [1.54, 1.807) is 30.5 Å². The second-order valence-corrected chi connectivity index (χ2v) is 9.09. The molecule has 0 unspecified atom stereocenters. The molecule has 0 radical (unpaired) electrons. The van der Waals surface area contributed by atoms with E-state index in [1.807, 2.05) is 28.8 Å². The highest BCUT2D eigenvalue weighted by atomic mass is 32.2. The predicted molar refractivity (Wildman–Crippen MR) is 119 cm³/mol. The number of sulfonamides is 1. The van der Waals surface area contributed by atoms with E-state index in [-0.39, 0.29) is 23.9 Å². The standard InChI is InChI=1S/C23H22N4O4S/c24-14-19-17(15-27-13-7-5-9-20(19)27)16-31-22(28)11-2-1-6-12-25-23-18-8-3-4-10-21(18)32(29,30)26-23/h3-5,7-10,13,15H,1-2,6,11-12,16H2,(H,25,26). The van der Waals surface area contributed by atoms with Gasteiger partial charge in [0.05, 0.1) is 16.0 Å². The Morgan fingerprint density at radius 1 is 1.12 bits per heavy atom. The number of rotatable bonds is 8. The molecule has 0 atom stereocenters. The number of aromatic nitrogens is 1. The fourth-order valence-corrected chi connectivity index (χ4v) is 4.90. The molecule has 164 valence electrons. The van der Waals surface area contributed by atoms with Crippen LogP contribution in [0.1, 0.15) is 42.4 Å². The molecule has 0 fully saturated rings. The van der Waals surface area contributed by atoms with Crippen molar-refractivity contribution in [2.24, 2.45) is 4.99 Å². The van der Waals surface area contributed by atoms with Gasteiger partial charge < -0.3 is 9.14 Å². The van der Waals surface area contributed by atoms with E-state index in [9.17, 15) is 18.5 Å². The lowest BCUT2D eigenvalue weighted by Gasteiger charge is -2.04. The Hall–Kier alpha value is -3.64. The zero-order valence-electron chi connectivity index (χ0n) is 17.3. The summed E-state index contributed by atoms with van der Waals surface area (Å²) < 4.78 is 33.8. The lowest BCUT2D eigenvalue weighted by Crippen LogP contribution is -2.22. The molecule has 1 N–H and O–H groups in total. The average Bonchev–Trinajstić information content (AvgIpc) is 3.28. The molecule has 3 heterocycles. The lowest BCUT2D eigenvalue weighted by molar-refractivity contribution is -0.145. The number of nitrogens with zero attached hydrogens (tertiary/aromatic N) is 3. The second kappa shape index (κ2) is 9.24. The molecular formula is C23H22N4O4S. The van der Waals surface area contributed by atoms with Crippen LogP contribution in [0.25, 0.3) is 5.52 Å². The number of hydrogen-bond acceptors (Lipinski definition) is 6. The van der Waals surface area contributed by atoms with Crippen molar-refractivity contribution in [3.8, 4) is 6.07 Å². The molecule has 0 bridgehead atoms. The van der Waals surface area contributed by atoms with Crippen molar-refractivity contribution in [2.45, 2.75) is 37.2 Å². The van der Waals surface area contributed by atoms with Crippen LogP contribution < -0.4 is 4.72 Å². The van der Waals surface area contributed by atoms with Crippen LogP contribution in [-0.2, 0) is 26.2 Å². The zero-order valence-corrected chi connectivity index (χ0v) is 18.1. The third kappa shape index (κ3) is 4.50. The number of carbonyl (C=O) groups excluding carboxylic acids is 1. The molecule has 4 rings (SSSR count). The van der Waals surface area contributed by atoms with Crippen molar-refractivity contribution in [3.63, 3.8) is 0 Å². The Balaban J connectivity index is 1.21. The Kier molecular flexibility index (Phi) is 6.23. The maximum Gasteiger partial charge on any atom is 0.306 e. The van der Waals surface area contributed by atoms with Crippen molar-refractivity contribution in [1.29, 1.82) is 5.26 Å². The topological polar surface area (TPSA) is 113 Å². The number of nitrogens with one attached hydrogen (secondary N) is 1. The number of ether oxygens (including phenoxy) is 1. The van der Waals surface area contributed by atoms with E-state index < -0.39 is 10.0 Å². The van der Waals surface area contributed by atoms with Gasteiger partial charge in [0.2, 0.25) is 0 Å².